The van der Waals surface area contributed by atoms with Gasteiger partial charge in [-0.3, -0.25) is 4.98 Å². The van der Waals surface area contributed by atoms with Crippen LogP contribution in [0.2, 0.25) is 0 Å². The van der Waals surface area contributed by atoms with Crippen molar-refractivity contribution in [3.63, 3.8) is 0 Å². The molecule has 102 valence electrons. The Morgan fingerprint density at radius 2 is 2.16 bits per heavy atom. The lowest BCUT2D eigenvalue weighted by Crippen LogP contribution is -2.50. The molecule has 0 saturated carbocycles. The van der Waals surface area contributed by atoms with Gasteiger partial charge in [-0.05, 0) is 37.7 Å². The van der Waals surface area contributed by atoms with Gasteiger partial charge in [-0.15, -0.1) is 0 Å². The van der Waals surface area contributed by atoms with Crippen LogP contribution in [0.1, 0.15) is 13.8 Å². The quantitative estimate of drug-likeness (QED) is 0.834. The molecule has 0 saturated heterocycles. The van der Waals surface area contributed by atoms with Crippen LogP contribution >= 0.6 is 0 Å². The highest BCUT2D eigenvalue weighted by atomic mass is 16.5. The molecular weight excluding hydrogens is 240 g/mol. The number of hydrogen-bond acceptors (Lipinski definition) is 4. The molecule has 0 bridgehead atoms. The first kappa shape index (κ1) is 13.8. The number of aromatic nitrogens is 1. The number of aliphatic hydroxyl groups excluding tert-OH is 1. The zero-order valence-electron chi connectivity index (χ0n) is 11.4. The highest BCUT2D eigenvalue weighted by molar-refractivity contribution is 5.84. The maximum Gasteiger partial charge on any atom is 0.128 e. The van der Waals surface area contributed by atoms with Gasteiger partial charge in [0.05, 0.1) is 17.7 Å². The number of rotatable bonds is 6. The molecule has 0 aliphatic rings. The molecule has 4 nitrogen and oxygen atoms in total. The molecule has 0 aliphatic heterocycles. The van der Waals surface area contributed by atoms with Crippen LogP contribution in [0.3, 0.4) is 0 Å². The number of likely N-dealkylation sites (N-methyl/N-ethyl adjacent to an activating group) is 1. The summed E-state index contributed by atoms with van der Waals surface area (Å²) in [6.45, 7) is 5.18. The van der Waals surface area contributed by atoms with Crippen molar-refractivity contribution in [1.29, 1.82) is 0 Å². The average Bonchev–Trinajstić information content (AvgIpc) is 2.45. The van der Waals surface area contributed by atoms with E-state index in [0.29, 0.717) is 6.61 Å². The lowest BCUT2D eigenvalue weighted by atomic mass is 10.1. The summed E-state index contributed by atoms with van der Waals surface area (Å²) in [4.78, 5) is 4.30. The van der Waals surface area contributed by atoms with Crippen molar-refractivity contribution < 1.29 is 9.84 Å². The number of fused-ring (bicyclic) bond motifs is 1. The highest BCUT2D eigenvalue weighted by Crippen LogP contribution is 2.24. The van der Waals surface area contributed by atoms with E-state index in [4.69, 9.17) is 4.74 Å². The summed E-state index contributed by atoms with van der Waals surface area (Å²) in [5.74, 6) is 0.795. The molecule has 2 rings (SSSR count). The molecule has 4 heteroatoms. The summed E-state index contributed by atoms with van der Waals surface area (Å²) in [5.41, 5.74) is 0.480. The summed E-state index contributed by atoms with van der Waals surface area (Å²) >= 11 is 0. The minimum Gasteiger partial charge on any atom is -0.491 e. The number of nitrogens with one attached hydrogen (secondary N) is 1. The second-order valence-corrected chi connectivity index (χ2v) is 4.86. The van der Waals surface area contributed by atoms with Crippen molar-refractivity contribution in [2.45, 2.75) is 19.4 Å². The van der Waals surface area contributed by atoms with Crippen LogP contribution in [0.15, 0.2) is 36.5 Å². The molecule has 2 aromatic rings. The minimum absolute atomic E-state index is 0.0316. The SMILES string of the molecule is CCNC(C)(CO)COc1cccc2ncccc12. The van der Waals surface area contributed by atoms with Crippen LogP contribution in [0.25, 0.3) is 10.9 Å². The fourth-order valence-electron chi connectivity index (χ4n) is 2.02. The minimum atomic E-state index is -0.431. The number of pyridine rings is 1. The van der Waals surface area contributed by atoms with Crippen molar-refractivity contribution in [1.82, 2.24) is 10.3 Å². The van der Waals surface area contributed by atoms with E-state index in [1.807, 2.05) is 44.2 Å². The molecule has 0 radical (unpaired) electrons. The van der Waals surface area contributed by atoms with E-state index in [0.717, 1.165) is 23.2 Å². The first-order valence-electron chi connectivity index (χ1n) is 6.51. The molecule has 1 heterocycles. The van der Waals surface area contributed by atoms with Gasteiger partial charge in [0, 0.05) is 11.6 Å². The Labute approximate surface area is 113 Å². The number of nitrogens with zero attached hydrogens (tertiary/aromatic N) is 1. The molecule has 1 aromatic carbocycles. The standard InChI is InChI=1S/C15H20N2O2/c1-3-17-15(2,10-18)11-19-14-8-4-7-13-12(14)6-5-9-16-13/h4-9,17-18H,3,10-11H2,1-2H3. The van der Waals surface area contributed by atoms with Crippen molar-refractivity contribution in [2.24, 2.45) is 0 Å². The third kappa shape index (κ3) is 3.22. The zero-order valence-corrected chi connectivity index (χ0v) is 11.4. The van der Waals surface area contributed by atoms with E-state index in [-0.39, 0.29) is 6.61 Å². The normalized spacial score (nSPS) is 14.3. The second kappa shape index (κ2) is 5.99. The lowest BCUT2D eigenvalue weighted by molar-refractivity contribution is 0.118. The summed E-state index contributed by atoms with van der Waals surface area (Å²) in [5, 5.41) is 13.7. The molecule has 1 unspecified atom stereocenters. The predicted molar refractivity (Wildman–Crippen MR) is 76.4 cm³/mol. The summed E-state index contributed by atoms with van der Waals surface area (Å²) in [6, 6.07) is 9.69. The first-order chi connectivity index (χ1) is 9.18. The predicted octanol–water partition coefficient (Wildman–Crippen LogP) is 1.97. The van der Waals surface area contributed by atoms with Crippen LogP contribution in [-0.4, -0.2) is 35.4 Å². The Morgan fingerprint density at radius 3 is 2.89 bits per heavy atom. The zero-order chi connectivity index (χ0) is 13.7. The van der Waals surface area contributed by atoms with Crippen LogP contribution in [0.5, 0.6) is 5.75 Å². The van der Waals surface area contributed by atoms with E-state index in [1.54, 1.807) is 6.20 Å². The van der Waals surface area contributed by atoms with Crippen molar-refractivity contribution in [3.05, 3.63) is 36.5 Å². The highest BCUT2D eigenvalue weighted by Gasteiger charge is 2.23. The van der Waals surface area contributed by atoms with Gasteiger partial charge >= 0.3 is 0 Å². The number of hydrogen-bond donors (Lipinski definition) is 2. The molecule has 0 spiro atoms. The van der Waals surface area contributed by atoms with Gasteiger partial charge in [0.2, 0.25) is 0 Å². The fraction of sp³-hybridized carbons (Fsp3) is 0.400. The van der Waals surface area contributed by atoms with Crippen LogP contribution in [0, 0.1) is 0 Å². The van der Waals surface area contributed by atoms with Gasteiger partial charge in [-0.25, -0.2) is 0 Å². The second-order valence-electron chi connectivity index (χ2n) is 4.86. The van der Waals surface area contributed by atoms with Gasteiger partial charge < -0.3 is 15.2 Å². The summed E-state index contributed by atoms with van der Waals surface area (Å²) in [7, 11) is 0. The van der Waals surface area contributed by atoms with Gasteiger partial charge in [0.25, 0.3) is 0 Å². The van der Waals surface area contributed by atoms with Gasteiger partial charge in [0.1, 0.15) is 12.4 Å². The van der Waals surface area contributed by atoms with Crippen molar-refractivity contribution in [3.8, 4) is 5.75 Å². The van der Waals surface area contributed by atoms with E-state index < -0.39 is 5.54 Å². The van der Waals surface area contributed by atoms with E-state index >= 15 is 0 Å². The average molecular weight is 260 g/mol. The smallest absolute Gasteiger partial charge is 0.128 e. The number of aliphatic hydroxyl groups is 1. The molecule has 19 heavy (non-hydrogen) atoms. The van der Waals surface area contributed by atoms with Crippen LogP contribution in [0.4, 0.5) is 0 Å². The largest absolute Gasteiger partial charge is 0.491 e. The summed E-state index contributed by atoms with van der Waals surface area (Å²) < 4.78 is 5.87. The van der Waals surface area contributed by atoms with E-state index in [2.05, 4.69) is 10.3 Å². The Kier molecular flexibility index (Phi) is 4.35. The maximum absolute atomic E-state index is 9.45. The number of benzene rings is 1. The molecule has 0 aliphatic carbocycles. The monoisotopic (exact) mass is 260 g/mol. The molecule has 2 N–H and O–H groups in total. The Bertz CT molecular complexity index is 539. The molecule has 0 amide bonds. The molecular formula is C15H20N2O2. The Morgan fingerprint density at radius 1 is 1.32 bits per heavy atom. The molecule has 1 atom stereocenters. The maximum atomic E-state index is 9.45. The number of ether oxygens (including phenoxy) is 1. The van der Waals surface area contributed by atoms with Crippen molar-refractivity contribution >= 4 is 10.9 Å². The third-order valence-corrected chi connectivity index (χ3v) is 3.10. The molecule has 1 aromatic heterocycles. The topological polar surface area (TPSA) is 54.4 Å². The third-order valence-electron chi connectivity index (χ3n) is 3.10. The van der Waals surface area contributed by atoms with Gasteiger partial charge in [-0.2, -0.15) is 0 Å². The van der Waals surface area contributed by atoms with Crippen molar-refractivity contribution in [2.75, 3.05) is 19.8 Å². The Hall–Kier alpha value is -1.65. The van der Waals surface area contributed by atoms with E-state index in [9.17, 15) is 5.11 Å². The lowest BCUT2D eigenvalue weighted by Gasteiger charge is -2.28. The molecule has 0 fully saturated rings. The van der Waals surface area contributed by atoms with Gasteiger partial charge in [-0.1, -0.05) is 13.0 Å². The first-order valence-corrected chi connectivity index (χ1v) is 6.51. The van der Waals surface area contributed by atoms with Crippen LogP contribution < -0.4 is 10.1 Å². The Balaban J connectivity index is 2.17. The fourth-order valence-corrected chi connectivity index (χ4v) is 2.02. The van der Waals surface area contributed by atoms with E-state index in [1.165, 1.54) is 0 Å². The van der Waals surface area contributed by atoms with Gasteiger partial charge in [0.15, 0.2) is 0 Å². The summed E-state index contributed by atoms with van der Waals surface area (Å²) in [6.07, 6.45) is 1.77. The van der Waals surface area contributed by atoms with Crippen LogP contribution in [-0.2, 0) is 0 Å².